The molecule has 0 amide bonds. The highest BCUT2D eigenvalue weighted by Crippen LogP contribution is 2.25. The molecule has 1 fully saturated rings. The molecule has 72 valence electrons. The van der Waals surface area contributed by atoms with E-state index in [1.54, 1.807) is 0 Å². The molecule has 0 aliphatic heterocycles. The third kappa shape index (κ3) is 2.13. The van der Waals surface area contributed by atoms with Crippen molar-refractivity contribution in [2.75, 3.05) is 0 Å². The Morgan fingerprint density at radius 3 is 2.54 bits per heavy atom. The van der Waals surface area contributed by atoms with Crippen LogP contribution >= 0.6 is 0 Å². The molecular weight excluding hydrogens is 162 g/mol. The average molecular weight is 179 g/mol. The van der Waals surface area contributed by atoms with Gasteiger partial charge in [0.25, 0.3) is 0 Å². The lowest BCUT2D eigenvalue weighted by atomic mass is 9.86. The second-order valence-corrected chi connectivity index (χ2v) is 3.99. The lowest BCUT2D eigenvalue weighted by Gasteiger charge is -2.27. The van der Waals surface area contributed by atoms with Crippen molar-refractivity contribution in [3.8, 4) is 0 Å². The van der Waals surface area contributed by atoms with E-state index in [2.05, 4.69) is 17.0 Å². The van der Waals surface area contributed by atoms with Crippen LogP contribution in [0.5, 0.6) is 0 Å². The van der Waals surface area contributed by atoms with E-state index in [1.165, 1.54) is 19.3 Å². The minimum Gasteiger partial charge on any atom is -0.393 e. The van der Waals surface area contributed by atoms with Crippen LogP contribution in [0.4, 0.5) is 0 Å². The van der Waals surface area contributed by atoms with Crippen molar-refractivity contribution < 1.29 is 5.11 Å². The summed E-state index contributed by atoms with van der Waals surface area (Å²) in [7, 11) is 0. The van der Waals surface area contributed by atoms with E-state index in [0.717, 1.165) is 13.0 Å². The first-order valence-corrected chi connectivity index (χ1v) is 5.15. The van der Waals surface area contributed by atoms with Gasteiger partial charge in [-0.1, -0.05) is 12.8 Å². The molecule has 0 bridgehead atoms. The maximum Gasteiger partial charge on any atom is 0.0585 e. The van der Waals surface area contributed by atoms with Gasteiger partial charge in [0.05, 0.1) is 6.10 Å². The standard InChI is InChI=1S/C11H17NO/c13-11-6-2-1-5-10(11)9-12-7-3-4-8-12/h3-4,7-8,10-11,13H,1-2,5-6,9H2. The summed E-state index contributed by atoms with van der Waals surface area (Å²) in [5.74, 6) is 0.473. The van der Waals surface area contributed by atoms with Gasteiger partial charge in [-0.05, 0) is 25.0 Å². The molecule has 1 saturated carbocycles. The molecule has 0 saturated heterocycles. The Morgan fingerprint density at radius 1 is 1.15 bits per heavy atom. The molecule has 1 aromatic heterocycles. The Morgan fingerprint density at radius 2 is 1.85 bits per heavy atom. The minimum absolute atomic E-state index is 0.0730. The lowest BCUT2D eigenvalue weighted by Crippen LogP contribution is -2.27. The van der Waals surface area contributed by atoms with Crippen LogP contribution in [-0.2, 0) is 6.54 Å². The van der Waals surface area contributed by atoms with E-state index in [-0.39, 0.29) is 6.10 Å². The van der Waals surface area contributed by atoms with Crippen LogP contribution in [0.1, 0.15) is 25.7 Å². The van der Waals surface area contributed by atoms with E-state index in [4.69, 9.17) is 0 Å². The summed E-state index contributed by atoms with van der Waals surface area (Å²) in [6.07, 6.45) is 8.72. The van der Waals surface area contributed by atoms with E-state index in [0.29, 0.717) is 5.92 Å². The molecule has 1 heterocycles. The smallest absolute Gasteiger partial charge is 0.0585 e. The summed E-state index contributed by atoms with van der Waals surface area (Å²) in [5, 5.41) is 9.75. The molecule has 2 nitrogen and oxygen atoms in total. The summed E-state index contributed by atoms with van der Waals surface area (Å²) in [6.45, 7) is 0.980. The first kappa shape index (κ1) is 8.82. The fourth-order valence-electron chi connectivity index (χ4n) is 2.16. The van der Waals surface area contributed by atoms with Crippen LogP contribution in [0, 0.1) is 5.92 Å². The van der Waals surface area contributed by atoms with Gasteiger partial charge in [0, 0.05) is 24.9 Å². The molecule has 13 heavy (non-hydrogen) atoms. The number of rotatable bonds is 2. The fraction of sp³-hybridized carbons (Fsp3) is 0.636. The predicted molar refractivity (Wildman–Crippen MR) is 52.4 cm³/mol. The molecule has 2 unspecified atom stereocenters. The summed E-state index contributed by atoms with van der Waals surface area (Å²) >= 11 is 0. The zero-order chi connectivity index (χ0) is 9.10. The highest BCUT2D eigenvalue weighted by atomic mass is 16.3. The van der Waals surface area contributed by atoms with Crippen molar-refractivity contribution in [2.45, 2.75) is 38.3 Å². The molecule has 2 atom stereocenters. The molecule has 1 N–H and O–H groups in total. The quantitative estimate of drug-likeness (QED) is 0.738. The van der Waals surface area contributed by atoms with Crippen LogP contribution in [0.3, 0.4) is 0 Å². The molecule has 0 aromatic carbocycles. The van der Waals surface area contributed by atoms with Gasteiger partial charge in [-0.25, -0.2) is 0 Å². The SMILES string of the molecule is OC1CCCCC1Cn1cccc1. The minimum atomic E-state index is -0.0730. The first-order valence-electron chi connectivity index (χ1n) is 5.15. The van der Waals surface area contributed by atoms with E-state index in [1.807, 2.05) is 12.1 Å². The van der Waals surface area contributed by atoms with Gasteiger partial charge in [-0.3, -0.25) is 0 Å². The van der Waals surface area contributed by atoms with Gasteiger partial charge >= 0.3 is 0 Å². The normalized spacial score (nSPS) is 29.0. The zero-order valence-corrected chi connectivity index (χ0v) is 7.89. The predicted octanol–water partition coefficient (Wildman–Crippen LogP) is 2.04. The summed E-state index contributed by atoms with van der Waals surface area (Å²) in [4.78, 5) is 0. The number of aliphatic hydroxyl groups is 1. The summed E-state index contributed by atoms with van der Waals surface area (Å²) in [5.41, 5.74) is 0. The highest BCUT2D eigenvalue weighted by Gasteiger charge is 2.22. The first-order chi connectivity index (χ1) is 6.36. The number of hydrogen-bond donors (Lipinski definition) is 1. The zero-order valence-electron chi connectivity index (χ0n) is 7.89. The molecule has 1 aromatic rings. The third-order valence-corrected chi connectivity index (χ3v) is 2.98. The van der Waals surface area contributed by atoms with Crippen LogP contribution in [0.15, 0.2) is 24.5 Å². The van der Waals surface area contributed by atoms with Crippen LogP contribution in [0.2, 0.25) is 0 Å². The molecule has 0 spiro atoms. The third-order valence-electron chi connectivity index (χ3n) is 2.98. The molecule has 1 aliphatic rings. The van der Waals surface area contributed by atoms with Crippen LogP contribution < -0.4 is 0 Å². The lowest BCUT2D eigenvalue weighted by molar-refractivity contribution is 0.0607. The number of aromatic nitrogens is 1. The van der Waals surface area contributed by atoms with Gasteiger partial charge in [0.2, 0.25) is 0 Å². The molecule has 1 aliphatic carbocycles. The van der Waals surface area contributed by atoms with Gasteiger partial charge in [0.1, 0.15) is 0 Å². The van der Waals surface area contributed by atoms with Crippen LogP contribution in [0.25, 0.3) is 0 Å². The topological polar surface area (TPSA) is 25.2 Å². The van der Waals surface area contributed by atoms with Crippen molar-refractivity contribution in [1.29, 1.82) is 0 Å². The Bertz CT molecular complexity index is 243. The van der Waals surface area contributed by atoms with Gasteiger partial charge in [-0.2, -0.15) is 0 Å². The molecular formula is C11H17NO. The second-order valence-electron chi connectivity index (χ2n) is 3.99. The Balaban J connectivity index is 1.93. The number of hydrogen-bond acceptors (Lipinski definition) is 1. The second kappa shape index (κ2) is 3.97. The fourth-order valence-corrected chi connectivity index (χ4v) is 2.16. The molecule has 0 radical (unpaired) electrons. The van der Waals surface area contributed by atoms with E-state index < -0.39 is 0 Å². The van der Waals surface area contributed by atoms with E-state index in [9.17, 15) is 5.11 Å². The van der Waals surface area contributed by atoms with Crippen molar-refractivity contribution in [2.24, 2.45) is 5.92 Å². The monoisotopic (exact) mass is 179 g/mol. The summed E-state index contributed by atoms with van der Waals surface area (Å²) < 4.78 is 2.17. The largest absolute Gasteiger partial charge is 0.393 e. The number of aliphatic hydroxyl groups excluding tert-OH is 1. The van der Waals surface area contributed by atoms with E-state index >= 15 is 0 Å². The highest BCUT2D eigenvalue weighted by molar-refractivity contribution is 4.91. The van der Waals surface area contributed by atoms with Crippen LogP contribution in [-0.4, -0.2) is 15.8 Å². The molecule has 2 heteroatoms. The van der Waals surface area contributed by atoms with Gasteiger partial charge < -0.3 is 9.67 Å². The van der Waals surface area contributed by atoms with Crippen molar-refractivity contribution >= 4 is 0 Å². The maximum atomic E-state index is 9.75. The van der Waals surface area contributed by atoms with Crippen molar-refractivity contribution in [3.05, 3.63) is 24.5 Å². The summed E-state index contributed by atoms with van der Waals surface area (Å²) in [6, 6.07) is 4.07. The molecule has 2 rings (SSSR count). The number of nitrogens with zero attached hydrogens (tertiary/aromatic N) is 1. The Kier molecular flexibility index (Phi) is 2.69. The van der Waals surface area contributed by atoms with Gasteiger partial charge in [0.15, 0.2) is 0 Å². The Labute approximate surface area is 79.2 Å². The van der Waals surface area contributed by atoms with Crippen molar-refractivity contribution in [1.82, 2.24) is 4.57 Å². The maximum absolute atomic E-state index is 9.75. The average Bonchev–Trinajstić information content (AvgIpc) is 2.61. The van der Waals surface area contributed by atoms with Crippen molar-refractivity contribution in [3.63, 3.8) is 0 Å². The Hall–Kier alpha value is -0.760. The van der Waals surface area contributed by atoms with Gasteiger partial charge in [-0.15, -0.1) is 0 Å².